The molecule has 33 heavy (non-hydrogen) atoms. The fourth-order valence-corrected chi connectivity index (χ4v) is 4.85. The Hall–Kier alpha value is -3.18. The molecule has 1 fully saturated rings. The Morgan fingerprint density at radius 2 is 1.94 bits per heavy atom. The molecular formula is C22H25N3O7S. The lowest BCUT2D eigenvalue weighted by atomic mass is 9.82. The van der Waals surface area contributed by atoms with Crippen molar-refractivity contribution in [3.8, 4) is 11.5 Å². The summed E-state index contributed by atoms with van der Waals surface area (Å²) in [6.07, 6.45) is 2.05. The second-order valence-electron chi connectivity index (χ2n) is 8.33. The van der Waals surface area contributed by atoms with Crippen molar-refractivity contribution in [2.45, 2.75) is 43.1 Å². The van der Waals surface area contributed by atoms with Gasteiger partial charge in [-0.05, 0) is 30.7 Å². The summed E-state index contributed by atoms with van der Waals surface area (Å²) >= 11 is 0. The van der Waals surface area contributed by atoms with Crippen LogP contribution in [-0.4, -0.2) is 44.4 Å². The predicted octanol–water partition coefficient (Wildman–Crippen LogP) is 3.04. The summed E-state index contributed by atoms with van der Waals surface area (Å²) < 4.78 is 35.2. The molecule has 176 valence electrons. The number of anilines is 1. The first-order valence-corrected chi connectivity index (χ1v) is 12.2. The number of nitrogens with two attached hydrogens (primary N) is 1. The predicted molar refractivity (Wildman–Crippen MR) is 120 cm³/mol. The monoisotopic (exact) mass is 475 g/mol. The molecule has 2 aliphatic heterocycles. The maximum absolute atomic E-state index is 12.8. The number of rotatable bonds is 6. The summed E-state index contributed by atoms with van der Waals surface area (Å²) in [4.78, 5) is 25.3. The van der Waals surface area contributed by atoms with E-state index in [2.05, 4.69) is 0 Å². The van der Waals surface area contributed by atoms with Gasteiger partial charge in [-0.15, -0.1) is 0 Å². The zero-order valence-corrected chi connectivity index (χ0v) is 19.0. The molecule has 0 unspecified atom stereocenters. The average Bonchev–Trinajstić information content (AvgIpc) is 2.77. The third-order valence-electron chi connectivity index (χ3n) is 6.02. The highest BCUT2D eigenvalue weighted by molar-refractivity contribution is 7.89. The van der Waals surface area contributed by atoms with Gasteiger partial charge in [0, 0.05) is 38.1 Å². The zero-order chi connectivity index (χ0) is 23.8. The minimum absolute atomic E-state index is 0.00442. The third-order valence-corrected chi connectivity index (χ3v) is 6.93. The van der Waals surface area contributed by atoms with Crippen LogP contribution in [0.5, 0.6) is 11.5 Å². The Balaban J connectivity index is 1.55. The Kier molecular flexibility index (Phi) is 6.02. The van der Waals surface area contributed by atoms with Gasteiger partial charge in [0.25, 0.3) is 5.69 Å². The highest BCUT2D eigenvalue weighted by atomic mass is 32.2. The summed E-state index contributed by atoms with van der Waals surface area (Å²) in [7, 11) is -4.06. The van der Waals surface area contributed by atoms with Crippen LogP contribution in [0, 0.1) is 10.1 Å². The summed E-state index contributed by atoms with van der Waals surface area (Å²) in [6, 6.07) is 8.87. The first-order chi connectivity index (χ1) is 15.6. The van der Waals surface area contributed by atoms with Crippen molar-refractivity contribution in [2.75, 3.05) is 24.6 Å². The van der Waals surface area contributed by atoms with Crippen LogP contribution in [0.15, 0.2) is 41.3 Å². The van der Waals surface area contributed by atoms with Crippen molar-refractivity contribution >= 4 is 27.2 Å². The largest absolute Gasteiger partial charge is 0.493 e. The van der Waals surface area contributed by atoms with Crippen molar-refractivity contribution in [3.63, 3.8) is 0 Å². The molecule has 10 nitrogen and oxygen atoms in total. The van der Waals surface area contributed by atoms with Crippen molar-refractivity contribution in [1.29, 1.82) is 0 Å². The van der Waals surface area contributed by atoms with E-state index in [1.54, 1.807) is 23.1 Å². The molecule has 0 bridgehead atoms. The number of sulfonamides is 1. The molecular weight excluding hydrogens is 450 g/mol. The van der Waals surface area contributed by atoms with E-state index >= 15 is 0 Å². The Bertz CT molecular complexity index is 1200. The van der Waals surface area contributed by atoms with Crippen molar-refractivity contribution < 1.29 is 27.6 Å². The van der Waals surface area contributed by atoms with Crippen LogP contribution in [-0.2, 0) is 10.0 Å². The topological polar surface area (TPSA) is 142 Å². The van der Waals surface area contributed by atoms with Crippen LogP contribution in [0.2, 0.25) is 0 Å². The van der Waals surface area contributed by atoms with Gasteiger partial charge in [0.15, 0.2) is 5.78 Å². The number of nitro benzene ring substituents is 1. The molecule has 1 saturated heterocycles. The molecule has 0 aromatic heterocycles. The second kappa shape index (κ2) is 8.64. The number of primary sulfonamides is 1. The number of ketones is 1. The summed E-state index contributed by atoms with van der Waals surface area (Å²) in [5, 5.41) is 16.7. The number of hydrogen-bond donors (Lipinski definition) is 1. The molecule has 11 heteroatoms. The van der Waals surface area contributed by atoms with Crippen LogP contribution in [0.3, 0.4) is 0 Å². The maximum Gasteiger partial charge on any atom is 0.293 e. The molecule has 0 saturated carbocycles. The van der Waals surface area contributed by atoms with E-state index in [0.717, 1.165) is 12.5 Å². The van der Waals surface area contributed by atoms with Gasteiger partial charge in [-0.2, -0.15) is 0 Å². The normalized spacial score (nSPS) is 17.4. The van der Waals surface area contributed by atoms with Gasteiger partial charge < -0.3 is 14.4 Å². The van der Waals surface area contributed by atoms with Gasteiger partial charge in [0.05, 0.1) is 28.4 Å². The first-order valence-electron chi connectivity index (χ1n) is 10.7. The molecule has 4 rings (SSSR count). The minimum atomic E-state index is -4.06. The number of ether oxygens (including phenoxy) is 2. The molecule has 0 amide bonds. The Labute approximate surface area is 191 Å². The van der Waals surface area contributed by atoms with Gasteiger partial charge in [-0.1, -0.05) is 6.92 Å². The van der Waals surface area contributed by atoms with E-state index in [9.17, 15) is 23.3 Å². The number of piperidine rings is 1. The van der Waals surface area contributed by atoms with Gasteiger partial charge in [-0.25, -0.2) is 13.6 Å². The SMILES string of the molecule is CCCOc1ccc2c(c1)OC1(CCN(c3ccc(S(N)(=O)=O)cc3[N+](=O)[O-])CC1)CC2=O. The van der Waals surface area contributed by atoms with Crippen molar-refractivity contribution in [2.24, 2.45) is 5.14 Å². The lowest BCUT2D eigenvalue weighted by Gasteiger charge is -2.44. The number of Topliss-reactive ketones (excluding diaryl/α,β-unsaturated/α-hetero) is 1. The van der Waals surface area contributed by atoms with Crippen LogP contribution in [0.25, 0.3) is 0 Å². The molecule has 2 N–H and O–H groups in total. The zero-order valence-electron chi connectivity index (χ0n) is 18.2. The van der Waals surface area contributed by atoms with E-state index in [4.69, 9.17) is 14.6 Å². The number of fused-ring (bicyclic) bond motifs is 1. The summed E-state index contributed by atoms with van der Waals surface area (Å²) in [6.45, 7) is 3.39. The second-order valence-corrected chi connectivity index (χ2v) is 9.89. The van der Waals surface area contributed by atoms with Crippen LogP contribution in [0.4, 0.5) is 11.4 Å². The molecule has 2 aliphatic rings. The number of nitrogens with zero attached hydrogens (tertiary/aromatic N) is 2. The molecule has 2 aromatic carbocycles. The van der Waals surface area contributed by atoms with E-state index < -0.39 is 20.5 Å². The van der Waals surface area contributed by atoms with Gasteiger partial charge in [0.2, 0.25) is 10.0 Å². The standard InChI is InChI=1S/C22H25N3O7S/c1-2-11-31-15-3-5-17-20(26)14-22(32-21(17)12-15)7-9-24(10-8-22)18-6-4-16(33(23,29)30)13-19(18)25(27)28/h3-6,12-13H,2,7-11,14H2,1H3,(H2,23,29,30). The van der Waals surface area contributed by atoms with Crippen molar-refractivity contribution in [3.05, 3.63) is 52.1 Å². The highest BCUT2D eigenvalue weighted by Crippen LogP contribution is 2.42. The van der Waals surface area contributed by atoms with Crippen LogP contribution >= 0.6 is 0 Å². The lowest BCUT2D eigenvalue weighted by molar-refractivity contribution is -0.384. The molecule has 2 aromatic rings. The Morgan fingerprint density at radius 1 is 1.21 bits per heavy atom. The lowest BCUT2D eigenvalue weighted by Crippen LogP contribution is -2.51. The Morgan fingerprint density at radius 3 is 2.58 bits per heavy atom. The van der Waals surface area contributed by atoms with E-state index in [1.165, 1.54) is 12.1 Å². The smallest absolute Gasteiger partial charge is 0.293 e. The van der Waals surface area contributed by atoms with Gasteiger partial charge in [-0.3, -0.25) is 14.9 Å². The fourth-order valence-electron chi connectivity index (χ4n) is 4.31. The molecule has 1 spiro atoms. The maximum atomic E-state index is 12.8. The van der Waals surface area contributed by atoms with E-state index in [1.807, 2.05) is 6.92 Å². The number of hydrogen-bond acceptors (Lipinski definition) is 8. The summed E-state index contributed by atoms with van der Waals surface area (Å²) in [5.41, 5.74) is -0.193. The number of carbonyl (C=O) groups is 1. The molecule has 0 atom stereocenters. The minimum Gasteiger partial charge on any atom is -0.493 e. The molecule has 2 heterocycles. The van der Waals surface area contributed by atoms with E-state index in [-0.39, 0.29) is 22.8 Å². The number of benzene rings is 2. The van der Waals surface area contributed by atoms with E-state index in [0.29, 0.717) is 55.3 Å². The average molecular weight is 476 g/mol. The van der Waals surface area contributed by atoms with Gasteiger partial charge in [0.1, 0.15) is 22.8 Å². The third kappa shape index (κ3) is 4.64. The quantitative estimate of drug-likeness (QED) is 0.496. The van der Waals surface area contributed by atoms with Gasteiger partial charge >= 0.3 is 0 Å². The molecule has 0 aliphatic carbocycles. The van der Waals surface area contributed by atoms with Crippen LogP contribution < -0.4 is 19.5 Å². The number of carbonyl (C=O) groups excluding carboxylic acids is 1. The highest BCUT2D eigenvalue weighted by Gasteiger charge is 2.43. The van der Waals surface area contributed by atoms with Crippen molar-refractivity contribution in [1.82, 2.24) is 0 Å². The number of nitro groups is 1. The molecule has 0 radical (unpaired) electrons. The summed E-state index contributed by atoms with van der Waals surface area (Å²) in [5.74, 6) is 1.13. The first kappa shape index (κ1) is 23.0. The fraction of sp³-hybridized carbons (Fsp3) is 0.409. The van der Waals surface area contributed by atoms with Crippen LogP contribution in [0.1, 0.15) is 43.0 Å².